The molecule has 0 saturated carbocycles. The number of nitrogens with zero attached hydrogens (tertiary/aromatic N) is 2. The van der Waals surface area contributed by atoms with E-state index in [2.05, 4.69) is 34.7 Å². The minimum Gasteiger partial charge on any atom is -0.396 e. The van der Waals surface area contributed by atoms with Crippen molar-refractivity contribution >= 4 is 16.3 Å². The van der Waals surface area contributed by atoms with Crippen molar-refractivity contribution < 1.29 is 5.11 Å². The van der Waals surface area contributed by atoms with E-state index >= 15 is 0 Å². The number of aromatic nitrogens is 2. The third kappa shape index (κ3) is 3.54. The molecule has 2 aromatic heterocycles. The molecule has 0 aliphatic heterocycles. The number of aliphatic hydroxyl groups excluding tert-OH is 1. The highest BCUT2D eigenvalue weighted by atomic mass is 32.1. The smallest absolute Gasteiger partial charge is 0.193 e. The summed E-state index contributed by atoms with van der Waals surface area (Å²) in [7, 11) is 0. The normalized spacial score (nSPS) is 12.4. The highest BCUT2D eigenvalue weighted by molar-refractivity contribution is 7.15. The number of fused-ring (bicyclic) bond motifs is 1. The van der Waals surface area contributed by atoms with E-state index < -0.39 is 0 Å². The van der Waals surface area contributed by atoms with Crippen LogP contribution in [0.3, 0.4) is 0 Å². The molecule has 0 fully saturated rings. The van der Waals surface area contributed by atoms with E-state index in [4.69, 9.17) is 5.11 Å². The van der Waals surface area contributed by atoms with Crippen molar-refractivity contribution in [3.63, 3.8) is 0 Å². The van der Waals surface area contributed by atoms with Gasteiger partial charge in [-0.2, -0.15) is 0 Å². The fraction of sp³-hybridized carbons (Fsp3) is 0.615. The van der Waals surface area contributed by atoms with Crippen LogP contribution in [0.4, 0.5) is 0 Å². The third-order valence-corrected chi connectivity index (χ3v) is 3.84. The Kier molecular flexibility index (Phi) is 4.37. The van der Waals surface area contributed by atoms with Gasteiger partial charge in [-0.15, -0.1) is 11.3 Å². The fourth-order valence-electron chi connectivity index (χ4n) is 2.04. The predicted molar refractivity (Wildman–Crippen MR) is 74.9 cm³/mol. The fourth-order valence-corrected chi connectivity index (χ4v) is 2.76. The molecule has 2 aromatic rings. The van der Waals surface area contributed by atoms with E-state index in [9.17, 15) is 0 Å². The molecule has 0 bridgehead atoms. The Morgan fingerprint density at radius 3 is 3.06 bits per heavy atom. The molecular weight excluding hydrogens is 246 g/mol. The van der Waals surface area contributed by atoms with Gasteiger partial charge in [0, 0.05) is 37.5 Å². The molecule has 0 radical (unpaired) electrons. The molecule has 2 N–H and O–H groups in total. The van der Waals surface area contributed by atoms with Gasteiger partial charge in [-0.1, -0.05) is 13.8 Å². The van der Waals surface area contributed by atoms with Crippen molar-refractivity contribution in [3.8, 4) is 0 Å². The first kappa shape index (κ1) is 13.5. The van der Waals surface area contributed by atoms with Crippen molar-refractivity contribution in [3.05, 3.63) is 23.5 Å². The van der Waals surface area contributed by atoms with E-state index in [0.717, 1.165) is 36.6 Å². The molecule has 0 aliphatic carbocycles. The lowest BCUT2D eigenvalue weighted by Crippen LogP contribution is -2.29. The molecule has 0 atom stereocenters. The van der Waals surface area contributed by atoms with Gasteiger partial charge in [0.15, 0.2) is 4.96 Å². The lowest BCUT2D eigenvalue weighted by atomic mass is 9.88. The van der Waals surface area contributed by atoms with Gasteiger partial charge < -0.3 is 10.4 Å². The van der Waals surface area contributed by atoms with Crippen molar-refractivity contribution in [1.29, 1.82) is 0 Å². The molecule has 2 rings (SSSR count). The van der Waals surface area contributed by atoms with Crippen LogP contribution in [-0.2, 0) is 6.54 Å². The van der Waals surface area contributed by atoms with E-state index in [0.29, 0.717) is 0 Å². The van der Waals surface area contributed by atoms with Crippen molar-refractivity contribution in [2.45, 2.75) is 33.2 Å². The summed E-state index contributed by atoms with van der Waals surface area (Å²) in [4.78, 5) is 5.58. The second-order valence-corrected chi connectivity index (χ2v) is 6.29. The zero-order valence-electron chi connectivity index (χ0n) is 11.0. The van der Waals surface area contributed by atoms with Gasteiger partial charge in [0.25, 0.3) is 0 Å². The minimum absolute atomic E-state index is 0.222. The number of hydrogen-bond donors (Lipinski definition) is 2. The highest BCUT2D eigenvalue weighted by Gasteiger charge is 2.16. The Morgan fingerprint density at radius 2 is 2.33 bits per heavy atom. The van der Waals surface area contributed by atoms with Crippen molar-refractivity contribution in [1.82, 2.24) is 14.7 Å². The van der Waals surface area contributed by atoms with Gasteiger partial charge in [0.1, 0.15) is 0 Å². The topological polar surface area (TPSA) is 49.6 Å². The van der Waals surface area contributed by atoms with Crippen LogP contribution in [0.2, 0.25) is 0 Å². The molecule has 0 saturated heterocycles. The quantitative estimate of drug-likeness (QED) is 0.809. The number of imidazole rings is 1. The van der Waals surface area contributed by atoms with Gasteiger partial charge in [0.2, 0.25) is 0 Å². The van der Waals surface area contributed by atoms with Crippen LogP contribution >= 0.6 is 11.3 Å². The zero-order valence-corrected chi connectivity index (χ0v) is 11.8. The van der Waals surface area contributed by atoms with Crippen LogP contribution in [0.25, 0.3) is 4.96 Å². The number of nitrogens with one attached hydrogen (secondary N) is 1. The average Bonchev–Trinajstić information content (AvgIpc) is 2.86. The molecule has 2 heterocycles. The summed E-state index contributed by atoms with van der Waals surface area (Å²) >= 11 is 1.65. The second kappa shape index (κ2) is 5.82. The molecule has 0 spiro atoms. The number of hydrogen-bond acceptors (Lipinski definition) is 4. The Labute approximate surface area is 112 Å². The summed E-state index contributed by atoms with van der Waals surface area (Å²) in [6.45, 7) is 6.47. The summed E-state index contributed by atoms with van der Waals surface area (Å²) in [5, 5.41) is 14.3. The van der Waals surface area contributed by atoms with Crippen LogP contribution in [0.5, 0.6) is 0 Å². The van der Waals surface area contributed by atoms with E-state index in [-0.39, 0.29) is 12.0 Å². The Bertz CT molecular complexity index is 461. The molecule has 0 amide bonds. The molecule has 0 unspecified atom stereocenters. The summed E-state index contributed by atoms with van der Waals surface area (Å²) in [6, 6.07) is 0. The highest BCUT2D eigenvalue weighted by Crippen LogP contribution is 2.21. The second-order valence-electron chi connectivity index (χ2n) is 5.42. The van der Waals surface area contributed by atoms with E-state index in [1.165, 1.54) is 0 Å². The SMILES string of the molecule is CC(C)(CCCO)CNCc1cn2ccsc2n1. The average molecular weight is 267 g/mol. The maximum absolute atomic E-state index is 8.86. The van der Waals surface area contributed by atoms with Gasteiger partial charge in [0.05, 0.1) is 5.69 Å². The molecule has 4 nitrogen and oxygen atoms in total. The van der Waals surface area contributed by atoms with Crippen molar-refractivity contribution in [2.75, 3.05) is 13.2 Å². The molecule has 0 aromatic carbocycles. The van der Waals surface area contributed by atoms with E-state index in [1.54, 1.807) is 11.3 Å². The Morgan fingerprint density at radius 1 is 1.50 bits per heavy atom. The first-order valence-corrected chi connectivity index (χ1v) is 7.21. The Hall–Kier alpha value is -0.910. The number of thiazole rings is 1. The third-order valence-electron chi connectivity index (χ3n) is 3.06. The number of rotatable bonds is 7. The molecule has 5 heteroatoms. The van der Waals surface area contributed by atoms with Crippen molar-refractivity contribution in [2.24, 2.45) is 5.41 Å². The minimum atomic E-state index is 0.222. The van der Waals surface area contributed by atoms with Crippen LogP contribution < -0.4 is 5.32 Å². The zero-order chi connectivity index (χ0) is 13.0. The van der Waals surface area contributed by atoms with Crippen LogP contribution in [-0.4, -0.2) is 27.6 Å². The monoisotopic (exact) mass is 267 g/mol. The lowest BCUT2D eigenvalue weighted by Gasteiger charge is -2.24. The first-order valence-electron chi connectivity index (χ1n) is 6.33. The van der Waals surface area contributed by atoms with Gasteiger partial charge >= 0.3 is 0 Å². The van der Waals surface area contributed by atoms with E-state index in [1.807, 2.05) is 11.6 Å². The number of aliphatic hydroxyl groups is 1. The van der Waals surface area contributed by atoms with Crippen LogP contribution in [0, 0.1) is 5.41 Å². The summed E-state index contributed by atoms with van der Waals surface area (Å²) in [5.74, 6) is 0. The lowest BCUT2D eigenvalue weighted by molar-refractivity contribution is 0.236. The summed E-state index contributed by atoms with van der Waals surface area (Å²) in [5.41, 5.74) is 1.31. The molecule has 100 valence electrons. The standard InChI is InChI=1S/C13H21N3OS/c1-13(2,4-3-6-17)10-14-8-11-9-16-5-7-18-12(16)15-11/h5,7,9,14,17H,3-4,6,8,10H2,1-2H3. The summed E-state index contributed by atoms with van der Waals surface area (Å²) in [6.07, 6.45) is 6.00. The molecule has 0 aliphatic rings. The predicted octanol–water partition coefficient (Wildman–Crippen LogP) is 2.28. The van der Waals surface area contributed by atoms with Gasteiger partial charge in [-0.3, -0.25) is 4.40 Å². The van der Waals surface area contributed by atoms with Crippen LogP contribution in [0.15, 0.2) is 17.8 Å². The molecular formula is C13H21N3OS. The van der Waals surface area contributed by atoms with Gasteiger partial charge in [-0.05, 0) is 18.3 Å². The maximum atomic E-state index is 8.86. The summed E-state index contributed by atoms with van der Waals surface area (Å²) < 4.78 is 2.05. The Balaban J connectivity index is 1.79. The van der Waals surface area contributed by atoms with Gasteiger partial charge in [-0.25, -0.2) is 4.98 Å². The maximum Gasteiger partial charge on any atom is 0.193 e. The largest absolute Gasteiger partial charge is 0.396 e. The molecule has 18 heavy (non-hydrogen) atoms. The van der Waals surface area contributed by atoms with Crippen LogP contribution in [0.1, 0.15) is 32.4 Å². The first-order chi connectivity index (χ1) is 8.61.